The highest BCUT2D eigenvalue weighted by atomic mass is 19.4. The smallest absolute Gasteiger partial charge is 0.453 e. The summed E-state index contributed by atoms with van der Waals surface area (Å²) in [6, 6.07) is 6.09. The highest BCUT2D eigenvalue weighted by Crippen LogP contribution is 2.28. The molecule has 0 fully saturated rings. The van der Waals surface area contributed by atoms with Gasteiger partial charge in [-0.25, -0.2) is 0 Å². The van der Waals surface area contributed by atoms with Gasteiger partial charge < -0.3 is 4.74 Å². The van der Waals surface area contributed by atoms with E-state index in [-0.39, 0.29) is 5.69 Å². The van der Waals surface area contributed by atoms with Crippen LogP contribution in [-0.4, -0.2) is 26.8 Å². The molecule has 19 heavy (non-hydrogen) atoms. The average molecular weight is 272 g/mol. The summed E-state index contributed by atoms with van der Waals surface area (Å²) in [5.74, 6) is -0.568. The maximum atomic E-state index is 12.6. The van der Waals surface area contributed by atoms with E-state index >= 15 is 0 Å². The van der Waals surface area contributed by atoms with Gasteiger partial charge in [-0.1, -0.05) is 6.92 Å². The third kappa shape index (κ3) is 3.01. The van der Waals surface area contributed by atoms with Crippen LogP contribution in [0, 0.1) is 0 Å². The number of alkyl halides is 3. The van der Waals surface area contributed by atoms with Gasteiger partial charge in [-0.05, 0) is 41.1 Å². The lowest BCUT2D eigenvalue weighted by atomic mass is 10.3. The second-order valence-electron chi connectivity index (χ2n) is 3.75. The third-order valence-corrected chi connectivity index (χ3v) is 2.28. The van der Waals surface area contributed by atoms with Crippen LogP contribution >= 0.6 is 0 Å². The van der Waals surface area contributed by atoms with Gasteiger partial charge in [0.2, 0.25) is 0 Å². The number of nitrogens with zero attached hydrogens (tertiary/aromatic N) is 4. The number of benzene rings is 1. The van der Waals surface area contributed by atoms with Crippen molar-refractivity contribution in [2.24, 2.45) is 0 Å². The molecule has 0 N–H and O–H groups in total. The van der Waals surface area contributed by atoms with Crippen molar-refractivity contribution in [1.29, 1.82) is 0 Å². The van der Waals surface area contributed by atoms with Crippen molar-refractivity contribution in [2.45, 2.75) is 19.5 Å². The fourth-order valence-corrected chi connectivity index (χ4v) is 1.44. The van der Waals surface area contributed by atoms with Crippen molar-refractivity contribution in [3.8, 4) is 11.4 Å². The first-order valence-electron chi connectivity index (χ1n) is 5.61. The molecule has 0 aliphatic rings. The van der Waals surface area contributed by atoms with Crippen molar-refractivity contribution in [1.82, 2.24) is 20.2 Å². The predicted octanol–water partition coefficient (Wildman–Crippen LogP) is 2.47. The first kappa shape index (κ1) is 13.3. The zero-order valence-electron chi connectivity index (χ0n) is 10.1. The summed E-state index contributed by atoms with van der Waals surface area (Å²) in [4.78, 5) is 0. The molecule has 0 saturated heterocycles. The SMILES string of the molecule is CCCOc1ccc(-n2nnnc2C(F)(F)F)cc1. The molecule has 2 rings (SSSR count). The molecule has 1 aromatic heterocycles. The van der Waals surface area contributed by atoms with Crippen LogP contribution in [0.15, 0.2) is 24.3 Å². The lowest BCUT2D eigenvalue weighted by molar-refractivity contribution is -0.146. The predicted molar refractivity (Wildman–Crippen MR) is 59.9 cm³/mol. The number of rotatable bonds is 4. The number of hydrogen-bond donors (Lipinski definition) is 0. The molecule has 1 heterocycles. The maximum absolute atomic E-state index is 12.6. The second kappa shape index (κ2) is 5.25. The third-order valence-electron chi connectivity index (χ3n) is 2.28. The zero-order chi connectivity index (χ0) is 13.9. The van der Waals surface area contributed by atoms with Crippen molar-refractivity contribution in [2.75, 3.05) is 6.61 Å². The quantitative estimate of drug-likeness (QED) is 0.858. The van der Waals surface area contributed by atoms with Crippen LogP contribution < -0.4 is 4.74 Å². The maximum Gasteiger partial charge on any atom is 0.453 e. The van der Waals surface area contributed by atoms with Gasteiger partial charge in [0.15, 0.2) is 0 Å². The number of hydrogen-bond acceptors (Lipinski definition) is 4. The molecule has 0 spiro atoms. The van der Waals surface area contributed by atoms with Gasteiger partial charge in [-0.15, -0.1) is 5.10 Å². The summed E-state index contributed by atoms with van der Waals surface area (Å²) in [7, 11) is 0. The largest absolute Gasteiger partial charge is 0.494 e. The minimum Gasteiger partial charge on any atom is -0.494 e. The summed E-state index contributed by atoms with van der Waals surface area (Å²) in [6.45, 7) is 2.52. The van der Waals surface area contributed by atoms with Gasteiger partial charge in [-0.3, -0.25) is 0 Å². The Balaban J connectivity index is 2.25. The van der Waals surface area contributed by atoms with E-state index in [1.54, 1.807) is 12.1 Å². The van der Waals surface area contributed by atoms with E-state index in [0.29, 0.717) is 17.0 Å². The Bertz CT molecular complexity index is 536. The number of tetrazole rings is 1. The van der Waals surface area contributed by atoms with Gasteiger partial charge in [-0.2, -0.15) is 17.9 Å². The van der Waals surface area contributed by atoms with E-state index in [4.69, 9.17) is 4.74 Å². The molecular weight excluding hydrogens is 261 g/mol. The van der Waals surface area contributed by atoms with Crippen LogP contribution in [0.5, 0.6) is 5.75 Å². The summed E-state index contributed by atoms with van der Waals surface area (Å²) in [6.07, 6.45) is -3.74. The van der Waals surface area contributed by atoms with E-state index in [1.807, 2.05) is 6.92 Å². The summed E-state index contributed by atoms with van der Waals surface area (Å²) in [5.41, 5.74) is 0.223. The molecule has 102 valence electrons. The highest BCUT2D eigenvalue weighted by Gasteiger charge is 2.38. The Morgan fingerprint density at radius 1 is 1.21 bits per heavy atom. The molecule has 0 saturated carbocycles. The van der Waals surface area contributed by atoms with E-state index in [9.17, 15) is 13.2 Å². The Labute approximate surface area is 107 Å². The molecule has 0 atom stereocenters. The van der Waals surface area contributed by atoms with Gasteiger partial charge in [0.25, 0.3) is 5.82 Å². The van der Waals surface area contributed by atoms with Crippen LogP contribution in [-0.2, 0) is 6.18 Å². The standard InChI is InChI=1S/C11H11F3N4O/c1-2-7-19-9-5-3-8(4-6-9)18-10(11(12,13)14)15-16-17-18/h3-6H,2,7H2,1H3. The van der Waals surface area contributed by atoms with Crippen molar-refractivity contribution in [3.05, 3.63) is 30.1 Å². The summed E-state index contributed by atoms with van der Waals surface area (Å²) < 4.78 is 43.9. The first-order valence-corrected chi connectivity index (χ1v) is 5.61. The molecule has 0 amide bonds. The van der Waals surface area contributed by atoms with Crippen LogP contribution in [0.25, 0.3) is 5.69 Å². The lowest BCUT2D eigenvalue weighted by Gasteiger charge is -2.08. The van der Waals surface area contributed by atoms with Crippen LogP contribution in [0.2, 0.25) is 0 Å². The van der Waals surface area contributed by atoms with Gasteiger partial charge >= 0.3 is 6.18 Å². The number of halogens is 3. The average Bonchev–Trinajstić information content (AvgIpc) is 2.86. The van der Waals surface area contributed by atoms with Crippen molar-refractivity contribution >= 4 is 0 Å². The Morgan fingerprint density at radius 3 is 2.47 bits per heavy atom. The monoisotopic (exact) mass is 272 g/mol. The molecule has 5 nitrogen and oxygen atoms in total. The van der Waals surface area contributed by atoms with Crippen LogP contribution in [0.1, 0.15) is 19.2 Å². The van der Waals surface area contributed by atoms with E-state index < -0.39 is 12.0 Å². The molecule has 1 aromatic carbocycles. The Hall–Kier alpha value is -2.12. The Kier molecular flexibility index (Phi) is 3.68. The summed E-state index contributed by atoms with van der Waals surface area (Å²) >= 11 is 0. The fraction of sp³-hybridized carbons (Fsp3) is 0.364. The molecule has 0 aliphatic heterocycles. The summed E-state index contributed by atoms with van der Waals surface area (Å²) in [5, 5.41) is 9.37. The zero-order valence-corrected chi connectivity index (χ0v) is 10.1. The van der Waals surface area contributed by atoms with E-state index in [1.165, 1.54) is 12.1 Å². The molecule has 8 heteroatoms. The van der Waals surface area contributed by atoms with E-state index in [0.717, 1.165) is 6.42 Å². The van der Waals surface area contributed by atoms with E-state index in [2.05, 4.69) is 15.5 Å². The molecule has 0 radical (unpaired) electrons. The van der Waals surface area contributed by atoms with Crippen molar-refractivity contribution in [3.63, 3.8) is 0 Å². The molecular formula is C11H11F3N4O. The molecule has 0 unspecified atom stereocenters. The minimum absolute atomic E-state index is 0.223. The van der Waals surface area contributed by atoms with Gasteiger partial charge in [0.1, 0.15) is 5.75 Å². The van der Waals surface area contributed by atoms with Crippen LogP contribution in [0.4, 0.5) is 13.2 Å². The van der Waals surface area contributed by atoms with Gasteiger partial charge in [0.05, 0.1) is 12.3 Å². The number of aromatic nitrogens is 4. The number of ether oxygens (including phenoxy) is 1. The van der Waals surface area contributed by atoms with Gasteiger partial charge in [0, 0.05) is 0 Å². The Morgan fingerprint density at radius 2 is 1.89 bits per heavy atom. The van der Waals surface area contributed by atoms with Crippen LogP contribution in [0.3, 0.4) is 0 Å². The normalized spacial score (nSPS) is 11.6. The minimum atomic E-state index is -4.60. The van der Waals surface area contributed by atoms with Crippen molar-refractivity contribution < 1.29 is 17.9 Å². The fourth-order valence-electron chi connectivity index (χ4n) is 1.44. The second-order valence-corrected chi connectivity index (χ2v) is 3.75. The molecule has 0 aliphatic carbocycles. The topological polar surface area (TPSA) is 52.8 Å². The highest BCUT2D eigenvalue weighted by molar-refractivity contribution is 5.37. The lowest BCUT2D eigenvalue weighted by Crippen LogP contribution is -2.14. The molecule has 0 bridgehead atoms. The first-order chi connectivity index (χ1) is 9.02. The molecule has 2 aromatic rings.